The third-order valence-corrected chi connectivity index (χ3v) is 5.39. The van der Waals surface area contributed by atoms with Gasteiger partial charge in [0.15, 0.2) is 6.61 Å². The summed E-state index contributed by atoms with van der Waals surface area (Å²) in [5, 5.41) is 0.787. The summed E-state index contributed by atoms with van der Waals surface area (Å²) < 4.78 is 7.30. The maximum Gasteiger partial charge on any atom is 0.350 e. The molecule has 0 bridgehead atoms. The number of aryl methyl sites for hydroxylation is 3. The van der Waals surface area contributed by atoms with Crippen LogP contribution in [0.5, 0.6) is 0 Å². The number of ether oxygens (including phenoxy) is 1. The number of benzene rings is 1. The Bertz CT molecular complexity index is 957. The van der Waals surface area contributed by atoms with Crippen molar-refractivity contribution in [2.45, 2.75) is 33.7 Å². The molecule has 0 aliphatic heterocycles. The molecule has 3 rings (SSSR count). The highest BCUT2D eigenvalue weighted by atomic mass is 32.1. The third kappa shape index (κ3) is 4.52. The van der Waals surface area contributed by atoms with E-state index in [1.165, 1.54) is 23.1 Å². The Morgan fingerprint density at radius 2 is 1.89 bits per heavy atom. The Labute approximate surface area is 162 Å². The second-order valence-electron chi connectivity index (χ2n) is 6.41. The van der Waals surface area contributed by atoms with E-state index >= 15 is 0 Å². The molecule has 0 saturated carbocycles. The van der Waals surface area contributed by atoms with Crippen LogP contribution in [-0.2, 0) is 17.7 Å². The number of aromatic nitrogens is 2. The first-order valence-electron chi connectivity index (χ1n) is 8.79. The summed E-state index contributed by atoms with van der Waals surface area (Å²) in [6, 6.07) is 12.1. The lowest BCUT2D eigenvalue weighted by Gasteiger charge is -2.10. The van der Waals surface area contributed by atoms with Gasteiger partial charge in [-0.1, -0.05) is 30.3 Å². The second-order valence-corrected chi connectivity index (χ2v) is 7.65. The van der Waals surface area contributed by atoms with Gasteiger partial charge in [0.25, 0.3) is 0 Å². The van der Waals surface area contributed by atoms with Crippen LogP contribution < -0.4 is 0 Å². The highest BCUT2D eigenvalue weighted by Gasteiger charge is 2.18. The first-order valence-corrected chi connectivity index (χ1v) is 9.60. The topological polar surface area (TPSA) is 61.2 Å². The summed E-state index contributed by atoms with van der Waals surface area (Å²) in [6.45, 7) is 6.27. The molecule has 140 valence electrons. The van der Waals surface area contributed by atoms with Crippen LogP contribution in [0, 0.1) is 20.8 Å². The molecule has 0 amide bonds. The molecule has 0 unspecified atom stereocenters. The van der Waals surface area contributed by atoms with Crippen LogP contribution in [0.3, 0.4) is 0 Å². The van der Waals surface area contributed by atoms with Crippen molar-refractivity contribution in [3.05, 3.63) is 75.0 Å². The molecule has 2 heterocycles. The molecule has 5 nitrogen and oxygen atoms in total. The van der Waals surface area contributed by atoms with Crippen LogP contribution in [0.1, 0.15) is 42.0 Å². The van der Waals surface area contributed by atoms with Gasteiger partial charge in [0.1, 0.15) is 4.88 Å². The van der Waals surface area contributed by atoms with E-state index in [0.717, 1.165) is 29.4 Å². The average molecular weight is 382 g/mol. The molecule has 0 N–H and O–H groups in total. The number of ketones is 1. The Hall–Kier alpha value is -2.73. The van der Waals surface area contributed by atoms with Gasteiger partial charge in [-0.3, -0.25) is 4.79 Å². The normalized spacial score (nSPS) is 10.8. The molecule has 27 heavy (non-hydrogen) atoms. The molecule has 0 aliphatic rings. The summed E-state index contributed by atoms with van der Waals surface area (Å²) in [6.07, 6.45) is 2.37. The number of carbonyl (C=O) groups excluding carboxylic acids is 2. The molecule has 0 radical (unpaired) electrons. The minimum absolute atomic E-state index is 0.191. The summed E-state index contributed by atoms with van der Waals surface area (Å²) in [4.78, 5) is 29.0. The van der Waals surface area contributed by atoms with E-state index in [4.69, 9.17) is 4.74 Å². The van der Waals surface area contributed by atoms with Crippen LogP contribution in [-0.4, -0.2) is 27.9 Å². The minimum atomic E-state index is -0.508. The van der Waals surface area contributed by atoms with Crippen molar-refractivity contribution < 1.29 is 14.3 Å². The largest absolute Gasteiger partial charge is 0.453 e. The summed E-state index contributed by atoms with van der Waals surface area (Å²) in [5.74, 6) is -0.699. The Morgan fingerprint density at radius 3 is 2.56 bits per heavy atom. The van der Waals surface area contributed by atoms with Crippen LogP contribution in [0.15, 0.2) is 42.6 Å². The summed E-state index contributed by atoms with van der Waals surface area (Å²) in [5.41, 5.74) is 3.79. The first kappa shape index (κ1) is 19.0. The van der Waals surface area contributed by atoms with E-state index in [1.54, 1.807) is 0 Å². The zero-order valence-corrected chi connectivity index (χ0v) is 16.5. The Kier molecular flexibility index (Phi) is 5.86. The lowest BCUT2D eigenvalue weighted by molar-refractivity contribution is 0.0479. The molecule has 6 heteroatoms. The van der Waals surface area contributed by atoms with E-state index < -0.39 is 5.97 Å². The van der Waals surface area contributed by atoms with Gasteiger partial charge in [0.05, 0.1) is 11.2 Å². The monoisotopic (exact) mass is 382 g/mol. The third-order valence-electron chi connectivity index (χ3n) is 4.50. The molecule has 0 spiro atoms. The molecule has 3 aromatic rings. The van der Waals surface area contributed by atoms with E-state index in [1.807, 2.05) is 45.0 Å². The van der Waals surface area contributed by atoms with Crippen molar-refractivity contribution in [2.75, 3.05) is 6.61 Å². The lowest BCUT2D eigenvalue weighted by atomic mass is 10.1. The highest BCUT2D eigenvalue weighted by molar-refractivity contribution is 7.13. The number of thiazole rings is 1. The van der Waals surface area contributed by atoms with Gasteiger partial charge >= 0.3 is 5.97 Å². The van der Waals surface area contributed by atoms with Crippen molar-refractivity contribution in [1.82, 2.24) is 9.55 Å². The average Bonchev–Trinajstić information content (AvgIpc) is 3.22. The highest BCUT2D eigenvalue weighted by Crippen LogP contribution is 2.18. The SMILES string of the molecule is Cc1ncc(C(=O)OCC(=O)c2cc(C)n(CCc3ccccc3)c2C)s1. The minimum Gasteiger partial charge on any atom is -0.453 e. The van der Waals surface area contributed by atoms with E-state index in [-0.39, 0.29) is 12.4 Å². The van der Waals surface area contributed by atoms with E-state index in [0.29, 0.717) is 10.4 Å². The second kappa shape index (κ2) is 8.31. The van der Waals surface area contributed by atoms with E-state index in [9.17, 15) is 9.59 Å². The smallest absolute Gasteiger partial charge is 0.350 e. The molecular formula is C21H22N2O3S. The zero-order valence-electron chi connectivity index (χ0n) is 15.7. The van der Waals surface area contributed by atoms with Gasteiger partial charge in [-0.2, -0.15) is 0 Å². The number of carbonyl (C=O) groups is 2. The predicted molar refractivity (Wildman–Crippen MR) is 106 cm³/mol. The first-order chi connectivity index (χ1) is 13.0. The van der Waals surface area contributed by atoms with Crippen molar-refractivity contribution in [3.63, 3.8) is 0 Å². The van der Waals surface area contributed by atoms with Gasteiger partial charge in [-0.05, 0) is 38.8 Å². The van der Waals surface area contributed by atoms with Crippen molar-refractivity contribution in [3.8, 4) is 0 Å². The van der Waals surface area contributed by atoms with Crippen LogP contribution in [0.4, 0.5) is 0 Å². The van der Waals surface area contributed by atoms with Crippen molar-refractivity contribution in [1.29, 1.82) is 0 Å². The quantitative estimate of drug-likeness (QED) is 0.455. The number of hydrogen-bond donors (Lipinski definition) is 0. The fourth-order valence-electron chi connectivity index (χ4n) is 3.05. The van der Waals surface area contributed by atoms with Crippen LogP contribution in [0.2, 0.25) is 0 Å². The number of esters is 1. The maximum atomic E-state index is 12.5. The number of nitrogens with zero attached hydrogens (tertiary/aromatic N) is 2. The zero-order chi connectivity index (χ0) is 19.4. The molecule has 0 fully saturated rings. The van der Waals surface area contributed by atoms with Crippen LogP contribution >= 0.6 is 11.3 Å². The van der Waals surface area contributed by atoms with Gasteiger partial charge in [0.2, 0.25) is 5.78 Å². The summed E-state index contributed by atoms with van der Waals surface area (Å²) in [7, 11) is 0. The van der Waals surface area contributed by atoms with Gasteiger partial charge in [-0.15, -0.1) is 11.3 Å². The standard InChI is InChI=1S/C21H22N2O3S/c1-14-11-18(15(2)23(14)10-9-17-7-5-4-6-8-17)19(24)13-26-21(25)20-12-22-16(3)27-20/h4-8,11-12H,9-10,13H2,1-3H3. The van der Waals surface area contributed by atoms with Crippen LogP contribution in [0.25, 0.3) is 0 Å². The maximum absolute atomic E-state index is 12.5. The molecule has 0 aliphatic carbocycles. The molecular weight excluding hydrogens is 360 g/mol. The molecule has 0 atom stereocenters. The lowest BCUT2D eigenvalue weighted by Crippen LogP contribution is -2.14. The van der Waals surface area contributed by atoms with Gasteiger partial charge in [0, 0.05) is 23.5 Å². The number of Topliss-reactive ketones (excluding diaryl/α,β-unsaturated/α-hetero) is 1. The Balaban J connectivity index is 1.64. The van der Waals surface area contributed by atoms with E-state index in [2.05, 4.69) is 21.7 Å². The fourth-order valence-corrected chi connectivity index (χ4v) is 3.72. The number of hydrogen-bond acceptors (Lipinski definition) is 5. The number of rotatable bonds is 7. The van der Waals surface area contributed by atoms with Crippen molar-refractivity contribution >= 4 is 23.1 Å². The van der Waals surface area contributed by atoms with Crippen molar-refractivity contribution in [2.24, 2.45) is 0 Å². The summed E-state index contributed by atoms with van der Waals surface area (Å²) >= 11 is 1.26. The fraction of sp³-hybridized carbons (Fsp3) is 0.286. The Morgan fingerprint density at radius 1 is 1.15 bits per heavy atom. The predicted octanol–water partition coefficient (Wildman–Crippen LogP) is 4.15. The molecule has 2 aromatic heterocycles. The van der Waals surface area contributed by atoms with Gasteiger partial charge < -0.3 is 9.30 Å². The molecule has 1 aromatic carbocycles. The van der Waals surface area contributed by atoms with Gasteiger partial charge in [-0.25, -0.2) is 9.78 Å². The molecule has 0 saturated heterocycles.